The van der Waals surface area contributed by atoms with E-state index in [1.165, 1.54) is 0 Å². The first-order valence-corrected chi connectivity index (χ1v) is 7.28. The van der Waals surface area contributed by atoms with Crippen LogP contribution in [0.25, 0.3) is 0 Å². The van der Waals surface area contributed by atoms with Gasteiger partial charge < -0.3 is 10.1 Å². The molecule has 0 heterocycles. The predicted molar refractivity (Wildman–Crippen MR) is 81.1 cm³/mol. The molecule has 0 aliphatic rings. The lowest BCUT2D eigenvalue weighted by Crippen LogP contribution is -2.35. The van der Waals surface area contributed by atoms with Crippen LogP contribution in [0.4, 0.5) is 0 Å². The van der Waals surface area contributed by atoms with E-state index in [1.54, 1.807) is 0 Å². The Morgan fingerprint density at radius 2 is 1.94 bits per heavy atom. The van der Waals surface area contributed by atoms with Crippen molar-refractivity contribution in [2.75, 3.05) is 19.7 Å². The zero-order chi connectivity index (χ0) is 13.6. The van der Waals surface area contributed by atoms with Crippen molar-refractivity contribution in [1.82, 2.24) is 5.32 Å². The van der Waals surface area contributed by atoms with Gasteiger partial charge >= 0.3 is 0 Å². The second-order valence-corrected chi connectivity index (χ2v) is 6.76. The summed E-state index contributed by atoms with van der Waals surface area (Å²) in [5.74, 6) is 1.60. The highest BCUT2D eigenvalue weighted by Crippen LogP contribution is 2.26. The molecule has 0 atom stereocenters. The molecule has 0 bridgehead atoms. The minimum absolute atomic E-state index is 0.129. The molecule has 0 aliphatic carbocycles. The third kappa shape index (κ3) is 5.87. The monoisotopic (exact) mass is 313 g/mol. The fraction of sp³-hybridized carbons (Fsp3) is 0.600. The van der Waals surface area contributed by atoms with Crippen LogP contribution >= 0.6 is 15.9 Å². The maximum absolute atomic E-state index is 5.87. The predicted octanol–water partition coefficient (Wildman–Crippen LogP) is 4.10. The van der Waals surface area contributed by atoms with Crippen LogP contribution in [-0.4, -0.2) is 19.7 Å². The second kappa shape index (κ2) is 7.15. The number of nitrogens with one attached hydrogen (secondary N) is 1. The van der Waals surface area contributed by atoms with Crippen LogP contribution in [0.15, 0.2) is 28.7 Å². The number of halogens is 1. The van der Waals surface area contributed by atoms with E-state index < -0.39 is 0 Å². The van der Waals surface area contributed by atoms with Gasteiger partial charge in [0.15, 0.2) is 0 Å². The largest absolute Gasteiger partial charge is 0.492 e. The number of para-hydroxylation sites is 1. The van der Waals surface area contributed by atoms with Crippen LogP contribution in [-0.2, 0) is 0 Å². The third-order valence-corrected chi connectivity index (χ3v) is 3.27. The fourth-order valence-electron chi connectivity index (χ4n) is 1.59. The van der Waals surface area contributed by atoms with Crippen molar-refractivity contribution in [1.29, 1.82) is 0 Å². The Labute approximate surface area is 119 Å². The number of hydrogen-bond donors (Lipinski definition) is 1. The van der Waals surface area contributed by atoms with Crippen LogP contribution in [0.5, 0.6) is 5.75 Å². The minimum Gasteiger partial charge on any atom is -0.492 e. The van der Waals surface area contributed by atoms with E-state index in [4.69, 9.17) is 4.74 Å². The molecule has 1 rings (SSSR count). The lowest BCUT2D eigenvalue weighted by atomic mass is 9.94. The smallest absolute Gasteiger partial charge is 0.133 e. The molecule has 2 nitrogen and oxygen atoms in total. The first-order valence-electron chi connectivity index (χ1n) is 6.49. The summed E-state index contributed by atoms with van der Waals surface area (Å²) in [5, 5.41) is 3.48. The van der Waals surface area contributed by atoms with Gasteiger partial charge in [0.05, 0.1) is 11.1 Å². The van der Waals surface area contributed by atoms with Crippen LogP contribution in [0, 0.1) is 11.3 Å². The van der Waals surface area contributed by atoms with Gasteiger partial charge in [0.25, 0.3) is 0 Å². The van der Waals surface area contributed by atoms with Crippen LogP contribution in [0.3, 0.4) is 0 Å². The summed E-state index contributed by atoms with van der Waals surface area (Å²) in [4.78, 5) is 0. The average molecular weight is 314 g/mol. The number of hydrogen-bond acceptors (Lipinski definition) is 2. The molecule has 0 spiro atoms. The molecular weight excluding hydrogens is 290 g/mol. The summed E-state index contributed by atoms with van der Waals surface area (Å²) >= 11 is 3.50. The van der Waals surface area contributed by atoms with Crippen molar-refractivity contribution in [2.24, 2.45) is 11.3 Å². The standard InChI is InChI=1S/C15H24BrNO/c1-12(2)9-17-10-15(3,4)11-18-14-8-6-5-7-13(14)16/h5-8,12,17H,9-11H2,1-4H3. The highest BCUT2D eigenvalue weighted by Gasteiger charge is 2.19. The maximum atomic E-state index is 5.87. The van der Waals surface area contributed by atoms with Crippen LogP contribution in [0.1, 0.15) is 27.7 Å². The van der Waals surface area contributed by atoms with Gasteiger partial charge in [-0.2, -0.15) is 0 Å². The molecule has 1 aromatic carbocycles. The first-order chi connectivity index (χ1) is 8.41. The molecule has 0 saturated carbocycles. The number of benzene rings is 1. The molecule has 0 aliphatic heterocycles. The molecule has 102 valence electrons. The summed E-state index contributed by atoms with van der Waals surface area (Å²) in [6, 6.07) is 7.97. The normalized spacial score (nSPS) is 11.9. The lowest BCUT2D eigenvalue weighted by molar-refractivity contribution is 0.174. The quantitative estimate of drug-likeness (QED) is 0.818. The van der Waals surface area contributed by atoms with E-state index in [0.717, 1.165) is 23.3 Å². The Kier molecular flexibility index (Phi) is 6.16. The van der Waals surface area contributed by atoms with Crippen molar-refractivity contribution in [3.8, 4) is 5.75 Å². The maximum Gasteiger partial charge on any atom is 0.133 e. The van der Waals surface area contributed by atoms with Gasteiger partial charge in [-0.05, 0) is 40.5 Å². The molecule has 18 heavy (non-hydrogen) atoms. The highest BCUT2D eigenvalue weighted by atomic mass is 79.9. The Morgan fingerprint density at radius 1 is 1.28 bits per heavy atom. The number of rotatable bonds is 7. The summed E-state index contributed by atoms with van der Waals surface area (Å²) in [5.41, 5.74) is 0.129. The Morgan fingerprint density at radius 3 is 2.56 bits per heavy atom. The van der Waals surface area contributed by atoms with Gasteiger partial charge in [-0.1, -0.05) is 39.8 Å². The van der Waals surface area contributed by atoms with Crippen LogP contribution < -0.4 is 10.1 Å². The molecule has 0 unspecified atom stereocenters. The highest BCUT2D eigenvalue weighted by molar-refractivity contribution is 9.10. The second-order valence-electron chi connectivity index (χ2n) is 5.91. The number of ether oxygens (including phenoxy) is 1. The zero-order valence-corrected chi connectivity index (χ0v) is 13.4. The first kappa shape index (κ1) is 15.5. The Hall–Kier alpha value is -0.540. The molecule has 3 heteroatoms. The van der Waals surface area contributed by atoms with Crippen molar-refractivity contribution in [2.45, 2.75) is 27.7 Å². The zero-order valence-electron chi connectivity index (χ0n) is 11.8. The van der Waals surface area contributed by atoms with Crippen molar-refractivity contribution < 1.29 is 4.74 Å². The lowest BCUT2D eigenvalue weighted by Gasteiger charge is -2.26. The Balaban J connectivity index is 2.39. The van der Waals surface area contributed by atoms with Gasteiger partial charge in [-0.3, -0.25) is 0 Å². The fourth-order valence-corrected chi connectivity index (χ4v) is 1.98. The van der Waals surface area contributed by atoms with Gasteiger partial charge in [0.2, 0.25) is 0 Å². The molecule has 1 aromatic rings. The SMILES string of the molecule is CC(C)CNCC(C)(C)COc1ccccc1Br. The van der Waals surface area contributed by atoms with Gasteiger partial charge in [-0.15, -0.1) is 0 Å². The van der Waals surface area contributed by atoms with Gasteiger partial charge in [0, 0.05) is 12.0 Å². The molecule has 1 N–H and O–H groups in total. The van der Waals surface area contributed by atoms with Gasteiger partial charge in [-0.25, -0.2) is 0 Å². The summed E-state index contributed by atoms with van der Waals surface area (Å²) in [6.07, 6.45) is 0. The van der Waals surface area contributed by atoms with E-state index in [-0.39, 0.29) is 5.41 Å². The van der Waals surface area contributed by atoms with Gasteiger partial charge in [0.1, 0.15) is 5.75 Å². The molecular formula is C15H24BrNO. The third-order valence-electron chi connectivity index (χ3n) is 2.61. The molecule has 0 saturated heterocycles. The van der Waals surface area contributed by atoms with E-state index in [0.29, 0.717) is 12.5 Å². The average Bonchev–Trinajstić information content (AvgIpc) is 2.27. The van der Waals surface area contributed by atoms with Crippen molar-refractivity contribution >= 4 is 15.9 Å². The topological polar surface area (TPSA) is 21.3 Å². The van der Waals surface area contributed by atoms with E-state index >= 15 is 0 Å². The molecule has 0 fully saturated rings. The van der Waals surface area contributed by atoms with E-state index in [1.807, 2.05) is 24.3 Å². The summed E-state index contributed by atoms with van der Waals surface area (Å²) in [6.45, 7) is 11.6. The van der Waals surface area contributed by atoms with Crippen molar-refractivity contribution in [3.63, 3.8) is 0 Å². The molecule has 0 radical (unpaired) electrons. The van der Waals surface area contributed by atoms with Crippen molar-refractivity contribution in [3.05, 3.63) is 28.7 Å². The van der Waals surface area contributed by atoms with E-state index in [9.17, 15) is 0 Å². The van der Waals surface area contributed by atoms with Crippen LogP contribution in [0.2, 0.25) is 0 Å². The summed E-state index contributed by atoms with van der Waals surface area (Å²) in [7, 11) is 0. The molecule has 0 amide bonds. The molecule has 0 aromatic heterocycles. The Bertz CT molecular complexity index is 363. The summed E-state index contributed by atoms with van der Waals surface area (Å²) < 4.78 is 6.88. The van der Waals surface area contributed by atoms with E-state index in [2.05, 4.69) is 48.9 Å². The minimum atomic E-state index is 0.129.